The fraction of sp³-hybridized carbons (Fsp3) is 0.471. The van der Waals surface area contributed by atoms with E-state index in [-0.39, 0.29) is 11.9 Å². The summed E-state index contributed by atoms with van der Waals surface area (Å²) in [4.78, 5) is 28.8. The molecule has 1 fully saturated rings. The van der Waals surface area contributed by atoms with E-state index in [2.05, 4.69) is 10.3 Å². The second-order valence-electron chi connectivity index (χ2n) is 5.95. The molecule has 5 nitrogen and oxygen atoms in total. The lowest BCUT2D eigenvalue weighted by atomic mass is 9.78. The van der Waals surface area contributed by atoms with E-state index in [0.717, 1.165) is 37.8 Å². The molecule has 0 saturated heterocycles. The molecule has 2 aliphatic rings. The van der Waals surface area contributed by atoms with Crippen molar-refractivity contribution in [2.45, 2.75) is 51.2 Å². The van der Waals surface area contributed by atoms with Crippen molar-refractivity contribution >= 4 is 11.9 Å². The third-order valence-corrected chi connectivity index (χ3v) is 4.47. The van der Waals surface area contributed by atoms with Crippen LogP contribution in [-0.2, 0) is 20.9 Å². The number of nitrogens with zero attached hydrogens (tertiary/aromatic N) is 1. The molecular weight excluding hydrogens is 280 g/mol. The third-order valence-electron chi connectivity index (χ3n) is 4.47. The minimum atomic E-state index is -0.701. The standard InChI is InChI=1S/C17H20N2O3/c1-12-14(15(20)19-11-13-7-3-6-10-18-13)17(22-16(12)21)8-4-2-5-9-17/h3,6-7,10H,2,4-5,8-9,11H2,1H3,(H,19,20). The van der Waals surface area contributed by atoms with E-state index in [1.54, 1.807) is 13.1 Å². The summed E-state index contributed by atoms with van der Waals surface area (Å²) in [6, 6.07) is 5.57. The Labute approximate surface area is 129 Å². The fourth-order valence-corrected chi connectivity index (χ4v) is 3.36. The highest BCUT2D eigenvalue weighted by Crippen LogP contribution is 2.43. The number of carbonyl (C=O) groups is 2. The molecule has 1 aromatic heterocycles. The molecule has 0 atom stereocenters. The zero-order valence-corrected chi connectivity index (χ0v) is 12.7. The van der Waals surface area contributed by atoms with Crippen molar-refractivity contribution in [3.05, 3.63) is 41.2 Å². The summed E-state index contributed by atoms with van der Waals surface area (Å²) >= 11 is 0. The van der Waals surface area contributed by atoms with Gasteiger partial charge in [-0.1, -0.05) is 12.5 Å². The van der Waals surface area contributed by atoms with Crippen molar-refractivity contribution in [2.24, 2.45) is 0 Å². The van der Waals surface area contributed by atoms with Crippen molar-refractivity contribution in [1.29, 1.82) is 0 Å². The Morgan fingerprint density at radius 3 is 2.77 bits per heavy atom. The number of carbonyl (C=O) groups excluding carboxylic acids is 2. The summed E-state index contributed by atoms with van der Waals surface area (Å²) < 4.78 is 5.60. The number of ether oxygens (including phenoxy) is 1. The number of hydrogen-bond acceptors (Lipinski definition) is 4. The van der Waals surface area contributed by atoms with E-state index < -0.39 is 5.60 Å². The van der Waals surface area contributed by atoms with Gasteiger partial charge in [-0.15, -0.1) is 0 Å². The van der Waals surface area contributed by atoms with Gasteiger partial charge in [0.25, 0.3) is 5.91 Å². The Morgan fingerprint density at radius 2 is 2.09 bits per heavy atom. The average molecular weight is 300 g/mol. The summed E-state index contributed by atoms with van der Waals surface area (Å²) in [6.07, 6.45) is 6.26. The van der Waals surface area contributed by atoms with E-state index in [4.69, 9.17) is 4.74 Å². The number of amides is 1. The van der Waals surface area contributed by atoms with Crippen molar-refractivity contribution in [1.82, 2.24) is 10.3 Å². The third kappa shape index (κ3) is 2.63. The van der Waals surface area contributed by atoms with E-state index in [0.29, 0.717) is 17.7 Å². The Kier molecular flexibility index (Phi) is 3.96. The number of pyridine rings is 1. The van der Waals surface area contributed by atoms with Crippen LogP contribution in [0, 0.1) is 0 Å². The molecule has 1 aromatic rings. The maximum atomic E-state index is 12.6. The maximum Gasteiger partial charge on any atom is 0.335 e. The van der Waals surface area contributed by atoms with Gasteiger partial charge in [-0.25, -0.2) is 4.79 Å². The van der Waals surface area contributed by atoms with Gasteiger partial charge in [-0.2, -0.15) is 0 Å². The van der Waals surface area contributed by atoms with Crippen LogP contribution in [0.25, 0.3) is 0 Å². The molecule has 0 aromatic carbocycles. The number of hydrogen-bond donors (Lipinski definition) is 1. The van der Waals surface area contributed by atoms with Crippen LogP contribution in [0.3, 0.4) is 0 Å². The number of rotatable bonds is 3. The Bertz CT molecular complexity index is 616. The lowest BCUT2D eigenvalue weighted by Crippen LogP contribution is -2.41. The molecular formula is C17H20N2O3. The van der Waals surface area contributed by atoms with Crippen LogP contribution < -0.4 is 5.32 Å². The largest absolute Gasteiger partial charge is 0.451 e. The van der Waals surface area contributed by atoms with Crippen LogP contribution >= 0.6 is 0 Å². The summed E-state index contributed by atoms with van der Waals surface area (Å²) in [5.74, 6) is -0.569. The highest BCUT2D eigenvalue weighted by Gasteiger charge is 2.49. The molecule has 5 heteroatoms. The molecule has 0 radical (unpaired) electrons. The second-order valence-corrected chi connectivity index (χ2v) is 5.95. The number of esters is 1. The smallest absolute Gasteiger partial charge is 0.335 e. The molecule has 1 N–H and O–H groups in total. The normalized spacial score (nSPS) is 20.1. The molecule has 1 aliphatic heterocycles. The first-order valence-corrected chi connectivity index (χ1v) is 7.75. The van der Waals surface area contributed by atoms with Gasteiger partial charge in [0.1, 0.15) is 5.60 Å². The van der Waals surface area contributed by atoms with E-state index in [9.17, 15) is 9.59 Å². The molecule has 3 rings (SSSR count). The van der Waals surface area contributed by atoms with Gasteiger partial charge < -0.3 is 10.1 Å². The predicted octanol–water partition coefficient (Wildman–Crippen LogP) is 2.27. The van der Waals surface area contributed by atoms with Crippen LogP contribution in [-0.4, -0.2) is 22.5 Å². The van der Waals surface area contributed by atoms with Crippen molar-refractivity contribution < 1.29 is 14.3 Å². The second kappa shape index (κ2) is 5.91. The first-order chi connectivity index (χ1) is 10.6. The molecule has 2 heterocycles. The first-order valence-electron chi connectivity index (χ1n) is 7.75. The van der Waals surface area contributed by atoms with Crippen LogP contribution in [0.4, 0.5) is 0 Å². The minimum Gasteiger partial charge on any atom is -0.451 e. The van der Waals surface area contributed by atoms with E-state index in [1.807, 2.05) is 18.2 Å². The van der Waals surface area contributed by atoms with Crippen LogP contribution in [0.2, 0.25) is 0 Å². The Morgan fingerprint density at radius 1 is 1.32 bits per heavy atom. The lowest BCUT2D eigenvalue weighted by molar-refractivity contribution is -0.149. The fourth-order valence-electron chi connectivity index (χ4n) is 3.36. The van der Waals surface area contributed by atoms with Crippen LogP contribution in [0.1, 0.15) is 44.7 Å². The minimum absolute atomic E-state index is 0.212. The van der Waals surface area contributed by atoms with E-state index in [1.165, 1.54) is 0 Å². The van der Waals surface area contributed by atoms with Gasteiger partial charge in [0, 0.05) is 11.8 Å². The van der Waals surface area contributed by atoms with Gasteiger partial charge in [0.05, 0.1) is 17.8 Å². The highest BCUT2D eigenvalue weighted by molar-refractivity contribution is 6.07. The zero-order chi connectivity index (χ0) is 15.6. The van der Waals surface area contributed by atoms with Gasteiger partial charge in [0.2, 0.25) is 0 Å². The monoisotopic (exact) mass is 300 g/mol. The van der Waals surface area contributed by atoms with Gasteiger partial charge >= 0.3 is 5.97 Å². The zero-order valence-electron chi connectivity index (χ0n) is 12.7. The molecule has 0 unspecified atom stereocenters. The summed E-state index contributed by atoms with van der Waals surface area (Å²) in [5, 5.41) is 2.87. The first kappa shape index (κ1) is 14.8. The molecule has 1 spiro atoms. The van der Waals surface area contributed by atoms with E-state index >= 15 is 0 Å². The Hall–Kier alpha value is -2.17. The molecule has 22 heavy (non-hydrogen) atoms. The highest BCUT2D eigenvalue weighted by atomic mass is 16.6. The number of nitrogens with one attached hydrogen (secondary N) is 1. The average Bonchev–Trinajstić information content (AvgIpc) is 2.77. The van der Waals surface area contributed by atoms with Crippen molar-refractivity contribution in [3.63, 3.8) is 0 Å². The van der Waals surface area contributed by atoms with Crippen LogP contribution in [0.15, 0.2) is 35.5 Å². The Balaban J connectivity index is 1.78. The SMILES string of the molecule is CC1=C(C(=O)NCc2ccccn2)C2(CCCCC2)OC1=O. The van der Waals surface area contributed by atoms with Gasteiger partial charge in [-0.05, 0) is 44.7 Å². The van der Waals surface area contributed by atoms with Crippen LogP contribution in [0.5, 0.6) is 0 Å². The van der Waals surface area contributed by atoms with Gasteiger partial charge in [-0.3, -0.25) is 9.78 Å². The maximum absolute atomic E-state index is 12.6. The predicted molar refractivity (Wildman–Crippen MR) is 80.7 cm³/mol. The summed E-state index contributed by atoms with van der Waals surface area (Å²) in [5.41, 5.74) is 1.05. The number of aromatic nitrogens is 1. The van der Waals surface area contributed by atoms with Gasteiger partial charge in [0.15, 0.2) is 0 Å². The quantitative estimate of drug-likeness (QED) is 0.870. The lowest BCUT2D eigenvalue weighted by Gasteiger charge is -2.34. The van der Waals surface area contributed by atoms with Crippen molar-refractivity contribution in [3.8, 4) is 0 Å². The summed E-state index contributed by atoms with van der Waals surface area (Å²) in [6.45, 7) is 2.03. The molecule has 1 amide bonds. The topological polar surface area (TPSA) is 68.3 Å². The van der Waals surface area contributed by atoms with Crippen molar-refractivity contribution in [2.75, 3.05) is 0 Å². The molecule has 116 valence electrons. The summed E-state index contributed by atoms with van der Waals surface area (Å²) in [7, 11) is 0. The molecule has 0 bridgehead atoms. The molecule has 1 aliphatic carbocycles. The molecule has 1 saturated carbocycles.